The lowest BCUT2D eigenvalue weighted by atomic mass is 9.87. The average molecular weight is 493 g/mol. The van der Waals surface area contributed by atoms with Crippen LogP contribution >= 0.6 is 24.0 Å². The predicted molar refractivity (Wildman–Crippen MR) is 124 cm³/mol. The molecule has 1 aliphatic carbocycles. The number of halogens is 1. The first-order valence-corrected chi connectivity index (χ1v) is 10.5. The molecule has 1 saturated heterocycles. The Morgan fingerprint density at radius 1 is 1.19 bits per heavy atom. The van der Waals surface area contributed by atoms with Gasteiger partial charge in [-0.1, -0.05) is 6.92 Å². The monoisotopic (exact) mass is 493 g/mol. The number of carbonyl (C=O) groups excluding carboxylic acids is 1. The van der Waals surface area contributed by atoms with Gasteiger partial charge < -0.3 is 15.5 Å². The van der Waals surface area contributed by atoms with E-state index in [1.807, 2.05) is 14.1 Å². The van der Waals surface area contributed by atoms with E-state index in [1.165, 1.54) is 25.7 Å². The third-order valence-electron chi connectivity index (χ3n) is 5.66. The maximum absolute atomic E-state index is 12.3. The highest BCUT2D eigenvalue weighted by atomic mass is 127. The van der Waals surface area contributed by atoms with Gasteiger partial charge in [0.1, 0.15) is 0 Å². The molecule has 0 aromatic rings. The van der Waals surface area contributed by atoms with Crippen molar-refractivity contribution in [3.8, 4) is 0 Å². The van der Waals surface area contributed by atoms with E-state index in [2.05, 4.69) is 29.4 Å². The van der Waals surface area contributed by atoms with E-state index in [4.69, 9.17) is 4.99 Å². The smallest absolute Gasteiger partial charge is 0.239 e. The van der Waals surface area contributed by atoms with Crippen LogP contribution in [-0.4, -0.2) is 74.0 Å². The van der Waals surface area contributed by atoms with Crippen molar-refractivity contribution in [1.29, 1.82) is 0 Å². The molecule has 1 amide bonds. The number of amides is 1. The van der Waals surface area contributed by atoms with Crippen molar-refractivity contribution in [3.63, 3.8) is 0 Å². The zero-order valence-corrected chi connectivity index (χ0v) is 20.0. The average Bonchev–Trinajstić information content (AvgIpc) is 3.08. The fourth-order valence-corrected chi connectivity index (χ4v) is 4.05. The van der Waals surface area contributed by atoms with Crippen LogP contribution in [0.4, 0.5) is 0 Å². The molecule has 1 aliphatic heterocycles. The van der Waals surface area contributed by atoms with Crippen LogP contribution in [0, 0.1) is 5.92 Å². The molecule has 6 nitrogen and oxygen atoms in total. The standard InChI is InChI=1S/C20H39N5O.HI/c1-5-21-20(23-17-11-9-16(2)10-12-17)22-13-7-15-25-14-6-8-18(25)19(26)24(3)4;/h16-18H,5-15H2,1-4H3,(H2,21,22,23);1H. The molecular formula is C20H40IN5O. The first-order valence-electron chi connectivity index (χ1n) is 10.5. The van der Waals surface area contributed by atoms with Crippen molar-refractivity contribution in [2.45, 2.75) is 70.9 Å². The summed E-state index contributed by atoms with van der Waals surface area (Å²) < 4.78 is 0. The van der Waals surface area contributed by atoms with Crippen LogP contribution in [0.3, 0.4) is 0 Å². The van der Waals surface area contributed by atoms with Gasteiger partial charge in [-0.2, -0.15) is 0 Å². The number of likely N-dealkylation sites (N-methyl/N-ethyl adjacent to an activating group) is 1. The molecule has 7 heteroatoms. The number of nitrogens with one attached hydrogen (secondary N) is 2. The highest BCUT2D eigenvalue weighted by molar-refractivity contribution is 14.0. The quantitative estimate of drug-likeness (QED) is 0.248. The molecule has 0 aromatic heterocycles. The van der Waals surface area contributed by atoms with Gasteiger partial charge >= 0.3 is 0 Å². The molecule has 1 saturated carbocycles. The number of hydrogen-bond donors (Lipinski definition) is 2. The molecule has 0 spiro atoms. The lowest BCUT2D eigenvalue weighted by molar-refractivity contribution is -0.133. The minimum absolute atomic E-state index is 0. The number of likely N-dealkylation sites (tertiary alicyclic amines) is 1. The largest absolute Gasteiger partial charge is 0.357 e. The number of guanidine groups is 1. The summed E-state index contributed by atoms with van der Waals surface area (Å²) in [4.78, 5) is 21.1. The summed E-state index contributed by atoms with van der Waals surface area (Å²) in [5.74, 6) is 2.06. The summed E-state index contributed by atoms with van der Waals surface area (Å²) >= 11 is 0. The molecule has 0 radical (unpaired) electrons. The highest BCUT2D eigenvalue weighted by Gasteiger charge is 2.31. The van der Waals surface area contributed by atoms with Crippen molar-refractivity contribution in [3.05, 3.63) is 0 Å². The Bertz CT molecular complexity index is 463. The summed E-state index contributed by atoms with van der Waals surface area (Å²) in [7, 11) is 3.70. The molecule has 0 aromatic carbocycles. The SMILES string of the molecule is CCNC(=NCCCN1CCCC1C(=O)N(C)C)NC1CCC(C)CC1.I. The summed E-state index contributed by atoms with van der Waals surface area (Å²) in [6.45, 7) is 8.14. The van der Waals surface area contributed by atoms with Crippen LogP contribution in [0.5, 0.6) is 0 Å². The molecule has 1 unspecified atom stereocenters. The van der Waals surface area contributed by atoms with E-state index in [-0.39, 0.29) is 35.9 Å². The number of hydrogen-bond acceptors (Lipinski definition) is 3. The van der Waals surface area contributed by atoms with E-state index in [0.717, 1.165) is 57.3 Å². The second-order valence-corrected chi connectivity index (χ2v) is 8.14. The maximum atomic E-state index is 12.3. The van der Waals surface area contributed by atoms with Gasteiger partial charge in [-0.15, -0.1) is 24.0 Å². The molecule has 2 N–H and O–H groups in total. The molecular weight excluding hydrogens is 453 g/mol. The van der Waals surface area contributed by atoms with Crippen molar-refractivity contribution in [1.82, 2.24) is 20.4 Å². The van der Waals surface area contributed by atoms with Gasteiger partial charge in [-0.25, -0.2) is 0 Å². The lowest BCUT2D eigenvalue weighted by Gasteiger charge is -2.28. The molecule has 1 heterocycles. The van der Waals surface area contributed by atoms with Gasteiger partial charge in [0.25, 0.3) is 0 Å². The Morgan fingerprint density at radius 2 is 1.89 bits per heavy atom. The van der Waals surface area contributed by atoms with Crippen molar-refractivity contribution in [2.75, 3.05) is 40.3 Å². The molecule has 1 atom stereocenters. The van der Waals surface area contributed by atoms with E-state index in [1.54, 1.807) is 4.90 Å². The fourth-order valence-electron chi connectivity index (χ4n) is 4.05. The van der Waals surface area contributed by atoms with Crippen LogP contribution in [-0.2, 0) is 4.79 Å². The second kappa shape index (κ2) is 12.8. The molecule has 27 heavy (non-hydrogen) atoms. The number of aliphatic imine (C=N–C) groups is 1. The van der Waals surface area contributed by atoms with Gasteiger partial charge in [0, 0.05) is 39.8 Å². The summed E-state index contributed by atoms with van der Waals surface area (Å²) in [6, 6.07) is 0.634. The highest BCUT2D eigenvalue weighted by Crippen LogP contribution is 2.23. The van der Waals surface area contributed by atoms with Gasteiger partial charge in [0.15, 0.2) is 5.96 Å². The third-order valence-corrected chi connectivity index (χ3v) is 5.66. The number of rotatable bonds is 7. The maximum Gasteiger partial charge on any atom is 0.239 e. The first-order chi connectivity index (χ1) is 12.5. The van der Waals surface area contributed by atoms with E-state index < -0.39 is 0 Å². The molecule has 2 fully saturated rings. The molecule has 2 aliphatic rings. The van der Waals surface area contributed by atoms with E-state index >= 15 is 0 Å². The molecule has 2 rings (SSSR count). The van der Waals surface area contributed by atoms with Gasteiger partial charge in [0.05, 0.1) is 6.04 Å². The Labute approximate surface area is 182 Å². The fraction of sp³-hybridized carbons (Fsp3) is 0.900. The topological polar surface area (TPSA) is 60.0 Å². The summed E-state index contributed by atoms with van der Waals surface area (Å²) in [6.07, 6.45) is 8.22. The Kier molecular flexibility index (Phi) is 11.6. The van der Waals surface area contributed by atoms with Gasteiger partial charge in [-0.3, -0.25) is 14.7 Å². The Balaban J connectivity index is 0.00000364. The molecule has 158 valence electrons. The first kappa shape index (κ1) is 24.5. The minimum atomic E-state index is 0. The Hall–Kier alpha value is -0.570. The second-order valence-electron chi connectivity index (χ2n) is 8.14. The zero-order valence-electron chi connectivity index (χ0n) is 17.7. The van der Waals surface area contributed by atoms with Crippen LogP contribution in [0.25, 0.3) is 0 Å². The van der Waals surface area contributed by atoms with Crippen LogP contribution in [0.1, 0.15) is 58.8 Å². The predicted octanol–water partition coefficient (Wildman–Crippen LogP) is 2.68. The van der Waals surface area contributed by atoms with Crippen molar-refractivity contribution < 1.29 is 4.79 Å². The molecule has 0 bridgehead atoms. The Morgan fingerprint density at radius 3 is 2.52 bits per heavy atom. The zero-order chi connectivity index (χ0) is 18.9. The van der Waals surface area contributed by atoms with Crippen LogP contribution in [0.2, 0.25) is 0 Å². The van der Waals surface area contributed by atoms with E-state index in [9.17, 15) is 4.79 Å². The number of nitrogens with zero attached hydrogens (tertiary/aromatic N) is 3. The third kappa shape index (κ3) is 8.13. The summed E-state index contributed by atoms with van der Waals surface area (Å²) in [5, 5.41) is 6.99. The van der Waals surface area contributed by atoms with Gasteiger partial charge in [0.2, 0.25) is 5.91 Å². The minimum Gasteiger partial charge on any atom is -0.357 e. The lowest BCUT2D eigenvalue weighted by Crippen LogP contribution is -2.45. The normalized spacial score (nSPS) is 26.4. The van der Waals surface area contributed by atoms with Crippen LogP contribution in [0.15, 0.2) is 4.99 Å². The van der Waals surface area contributed by atoms with Crippen molar-refractivity contribution >= 4 is 35.8 Å². The van der Waals surface area contributed by atoms with E-state index in [0.29, 0.717) is 6.04 Å². The number of carbonyl (C=O) groups is 1. The van der Waals surface area contributed by atoms with Crippen LogP contribution < -0.4 is 10.6 Å². The van der Waals surface area contributed by atoms with Crippen molar-refractivity contribution in [2.24, 2.45) is 10.9 Å². The van der Waals surface area contributed by atoms with Gasteiger partial charge in [-0.05, 0) is 64.3 Å². The summed E-state index contributed by atoms with van der Waals surface area (Å²) in [5.41, 5.74) is 0.